The number of fused-ring (bicyclic) bond motifs is 6. The number of ether oxygens (including phenoxy) is 7. The number of cyclic esters (lactones) is 1. The minimum Gasteiger partial charge on any atom is -0.460 e. The number of nitrogen functional groups attached to an aromatic ring is 1. The number of hydrogen-bond donors (Lipinski definition) is 5. The number of piperazine rings is 2. The summed E-state index contributed by atoms with van der Waals surface area (Å²) in [4.78, 5) is 147. The number of esters is 1. The molecule has 15 atom stereocenters. The Bertz CT molecular complexity index is 5220. The van der Waals surface area contributed by atoms with Crippen molar-refractivity contribution >= 4 is 81.0 Å². The summed E-state index contributed by atoms with van der Waals surface area (Å²) in [6, 6.07) is 9.15. The molecule has 34 heteroatoms. The summed E-state index contributed by atoms with van der Waals surface area (Å²) in [5.41, 5.74) is 15.0. The fourth-order valence-corrected chi connectivity index (χ4v) is 19.3. The molecular weight excluding hydrogens is 1660 g/mol. The number of rotatable bonds is 21. The minimum atomic E-state index is -2.49. The number of aliphatic hydroxyl groups excluding tert-OH is 1. The number of hydrogen-bond acceptors (Lipinski definition) is 29. The molecule has 0 radical (unpaired) electrons. The third kappa shape index (κ3) is 23.2. The Morgan fingerprint density at radius 1 is 0.731 bits per heavy atom. The average Bonchev–Trinajstić information content (AvgIpc) is 0.909. The van der Waals surface area contributed by atoms with E-state index < -0.39 is 102 Å². The molecule has 3 amide bonds. The summed E-state index contributed by atoms with van der Waals surface area (Å²) in [6.07, 6.45) is 21.8. The van der Waals surface area contributed by atoms with Gasteiger partial charge in [0.25, 0.3) is 17.6 Å². The molecule has 130 heavy (non-hydrogen) atoms. The van der Waals surface area contributed by atoms with Crippen molar-refractivity contribution in [2.24, 2.45) is 35.5 Å². The molecule has 2 bridgehead atoms. The molecule has 4 saturated heterocycles. The lowest BCUT2D eigenvalue weighted by atomic mass is 9.78. The van der Waals surface area contributed by atoms with E-state index in [-0.39, 0.29) is 61.7 Å². The third-order valence-electron chi connectivity index (χ3n) is 27.3. The second-order valence-corrected chi connectivity index (χ2v) is 36.4. The van der Waals surface area contributed by atoms with E-state index in [4.69, 9.17) is 44.0 Å². The number of nitrogens with zero attached hydrogens (tertiary/aromatic N) is 15. The fraction of sp³-hybridized carbons (Fsp3) is 0.573. The van der Waals surface area contributed by atoms with Crippen LogP contribution < -0.4 is 20.9 Å². The molecule has 0 spiro atoms. The monoisotopic (exact) mass is 1790 g/mol. The highest BCUT2D eigenvalue weighted by molar-refractivity contribution is 6.39. The van der Waals surface area contributed by atoms with Gasteiger partial charge in [0, 0.05) is 197 Å². The maximum Gasteiger partial charge on any atom is 0.407 e. The summed E-state index contributed by atoms with van der Waals surface area (Å²) in [5, 5.41) is 33.4. The SMILES string of the molecule is CO[C@H]1C[C@@H]2CC[C@@H](C)[C@@](O)(O2)C(=O)C(=O)N2CCCC[C@H]2C(=O)O[C@H]([C@H](C)C[C@@H]2CC[C@@H](OC(=O)NCc3cnc(N4CCN(CCOCCN5CCN(c6ncc(C(=O)N7CCc8cc(Cn9nc(-c%10cnc%11[nH]ccc%11c%10)c%10c(N)ncnc%109)ccc8C7)cn6)CC5)CC4)nc3)[C@H](OC)C2)CC(=O)[C@H](C)/C=C(\C)[C@@H](O)[C@@H](OC)C(=O)[C@H](C)C[C@H](C)/C=C/C=CC=C1C. The minimum absolute atomic E-state index is 0.0192. The highest BCUT2D eigenvalue weighted by atomic mass is 16.6. The van der Waals surface area contributed by atoms with Crippen molar-refractivity contribution in [1.29, 1.82) is 0 Å². The van der Waals surface area contributed by atoms with Crippen molar-refractivity contribution in [3.8, 4) is 11.3 Å². The molecule has 14 rings (SSSR count). The number of allylic oxidation sites excluding steroid dienone is 6. The molecule has 6 N–H and O–H groups in total. The lowest BCUT2D eigenvalue weighted by Crippen LogP contribution is -2.61. The number of ketones is 3. The van der Waals surface area contributed by atoms with Crippen LogP contribution in [-0.4, -0.2) is 288 Å². The van der Waals surface area contributed by atoms with Gasteiger partial charge in [-0.15, -0.1) is 0 Å². The van der Waals surface area contributed by atoms with Crippen LogP contribution in [0.15, 0.2) is 121 Å². The van der Waals surface area contributed by atoms with E-state index in [0.717, 1.165) is 98.7 Å². The van der Waals surface area contributed by atoms with Gasteiger partial charge in [0.15, 0.2) is 11.4 Å². The highest BCUT2D eigenvalue weighted by Gasteiger charge is 2.53. The molecular formula is C96H128N18O16. The second kappa shape index (κ2) is 44.0. The molecule has 0 unspecified atom stereocenters. The number of Topliss-reactive ketones (excluding diaryl/α,β-unsaturated/α-hetero) is 3. The van der Waals surface area contributed by atoms with Gasteiger partial charge in [-0.05, 0) is 142 Å². The van der Waals surface area contributed by atoms with Gasteiger partial charge >= 0.3 is 12.1 Å². The van der Waals surface area contributed by atoms with Crippen LogP contribution in [0.2, 0.25) is 0 Å². The van der Waals surface area contributed by atoms with Gasteiger partial charge in [-0.25, -0.2) is 49.2 Å². The Hall–Kier alpha value is -10.7. The van der Waals surface area contributed by atoms with Crippen molar-refractivity contribution in [3.63, 3.8) is 0 Å². The first-order chi connectivity index (χ1) is 62.7. The topological polar surface area (TPSA) is 406 Å². The molecule has 7 aliphatic rings. The largest absolute Gasteiger partial charge is 0.460 e. The van der Waals surface area contributed by atoms with Gasteiger partial charge < -0.3 is 79.0 Å². The zero-order chi connectivity index (χ0) is 91.9. The average molecular weight is 1790 g/mol. The van der Waals surface area contributed by atoms with Gasteiger partial charge in [-0.1, -0.05) is 89.3 Å². The number of nitrogens with one attached hydrogen (secondary N) is 2. The number of methoxy groups -OCH3 is 3. The number of anilines is 3. The smallest absolute Gasteiger partial charge is 0.407 e. The Morgan fingerprint density at radius 3 is 2.16 bits per heavy atom. The van der Waals surface area contributed by atoms with Crippen LogP contribution in [0.1, 0.15) is 158 Å². The van der Waals surface area contributed by atoms with Gasteiger partial charge in [-0.2, -0.15) is 5.10 Å². The number of H-pyrrole nitrogens is 1. The van der Waals surface area contributed by atoms with E-state index in [1.807, 2.05) is 86.0 Å². The summed E-state index contributed by atoms with van der Waals surface area (Å²) in [5.74, 6) is -7.19. The highest BCUT2D eigenvalue weighted by Crippen LogP contribution is 2.40. The molecule has 7 aromatic rings. The van der Waals surface area contributed by atoms with Crippen LogP contribution >= 0.6 is 0 Å². The number of nitrogens with two attached hydrogens (primary N) is 1. The van der Waals surface area contributed by atoms with Crippen molar-refractivity contribution in [2.75, 3.05) is 129 Å². The number of aromatic nitrogens is 10. The Labute approximate surface area is 759 Å². The number of benzene rings is 1. The van der Waals surface area contributed by atoms with Crippen molar-refractivity contribution < 1.29 is 76.9 Å². The quantitative estimate of drug-likeness (QED) is 0.0194. The van der Waals surface area contributed by atoms with E-state index in [9.17, 15) is 43.8 Å². The lowest BCUT2D eigenvalue weighted by molar-refractivity contribution is -0.265. The van der Waals surface area contributed by atoms with Crippen molar-refractivity contribution in [1.82, 2.24) is 74.6 Å². The van der Waals surface area contributed by atoms with Crippen LogP contribution in [-0.2, 0) is 83.2 Å². The number of amides is 3. The first-order valence-electron chi connectivity index (χ1n) is 46.1. The summed E-state index contributed by atoms with van der Waals surface area (Å²) >= 11 is 0. The van der Waals surface area contributed by atoms with Crippen LogP contribution in [0.4, 0.5) is 22.5 Å². The number of carbonyl (C=O) groups excluding carboxylic acids is 7. The van der Waals surface area contributed by atoms with Gasteiger partial charge in [0.1, 0.15) is 59.7 Å². The second-order valence-electron chi connectivity index (χ2n) is 36.4. The molecule has 698 valence electrons. The van der Waals surface area contributed by atoms with Crippen LogP contribution in [0.5, 0.6) is 0 Å². The summed E-state index contributed by atoms with van der Waals surface area (Å²) in [7, 11) is 4.51. The summed E-state index contributed by atoms with van der Waals surface area (Å²) < 4.78 is 44.3. The standard InChI is InChI=1S/C96H128N18O16/c1-59-16-12-11-13-17-60(2)78(124-8)48-74-23-19-65(7)96(123,130-74)86(118)91(120)113-28-15-14-18-75(113)92(121)128-79(49-76(115)61(3)43-64(6)84(117)85(126-10)83(116)63(5)42-59)62(4)44-66-21-24-77(80(46-66)125-9)129-95(122)104-52-68-50-100-93(101-51-68)110-34-30-108(31-35-110)38-40-127-41-39-109-32-36-111(37-33-109)94-102-54-73(55-103-94)90(119)112-29-26-69-45-67(20-22-71(69)57-112)56-114-89-81(87(97)105-58-106-89)82(107-114)72-47-70-25-27-98-88(70)99-53-72/h11-13,16-17,20,22,25,27,43,45,47,50-51,53-55,58-59,61-63,65-66,74-75,77-80,84-85,117,123H,14-15,18-19,21,23-24,26,28-42,44,46,48-49,52,56-57H2,1-10H3,(H,98,99)(H,104,122)(H2,97,105,106)/b13-11?,16-12+,60-17?,64-43+/t59-,61-,62-,63-,65-,66+,74+,75+,77-,78+,79+,80-,84-,85+,96-/m1/s1. The Morgan fingerprint density at radius 2 is 1.45 bits per heavy atom. The van der Waals surface area contributed by atoms with Crippen molar-refractivity contribution in [2.45, 2.75) is 206 Å². The lowest BCUT2D eigenvalue weighted by Gasteiger charge is -2.42. The predicted molar refractivity (Wildman–Crippen MR) is 487 cm³/mol. The molecule has 12 heterocycles. The zero-order valence-electron chi connectivity index (χ0n) is 76.6. The molecule has 5 fully saturated rings. The normalized spacial score (nSPS) is 27.7. The van der Waals surface area contributed by atoms with E-state index in [2.05, 4.69) is 83.0 Å². The number of aromatic amines is 1. The van der Waals surface area contributed by atoms with Crippen LogP contribution in [0.25, 0.3) is 33.3 Å². The summed E-state index contributed by atoms with van der Waals surface area (Å²) in [6.45, 7) is 23.5. The molecule has 34 nitrogen and oxygen atoms in total. The maximum atomic E-state index is 14.8. The van der Waals surface area contributed by atoms with E-state index in [0.29, 0.717) is 148 Å². The number of piperidine rings is 1. The third-order valence-corrected chi connectivity index (χ3v) is 27.3. The molecule has 6 aromatic heterocycles. The molecule has 1 aliphatic carbocycles. The van der Waals surface area contributed by atoms with Crippen LogP contribution in [0.3, 0.4) is 0 Å². The molecule has 1 aromatic carbocycles. The molecule has 6 aliphatic heterocycles. The number of alkyl carbamates (subject to hydrolysis) is 1. The van der Waals surface area contributed by atoms with Crippen LogP contribution in [0, 0.1) is 35.5 Å². The Balaban J connectivity index is 0.501. The number of carbonyl (C=O) groups is 7. The van der Waals surface area contributed by atoms with Gasteiger partial charge in [0.2, 0.25) is 17.7 Å². The Kier molecular flexibility index (Phi) is 32.3. The fourth-order valence-electron chi connectivity index (χ4n) is 19.3. The van der Waals surface area contributed by atoms with E-state index >= 15 is 0 Å². The van der Waals surface area contributed by atoms with Gasteiger partial charge in [0.05, 0.1) is 49.0 Å². The zero-order valence-corrected chi connectivity index (χ0v) is 76.6. The first kappa shape index (κ1) is 95.4. The van der Waals surface area contributed by atoms with Crippen molar-refractivity contribution in [3.05, 3.63) is 149 Å². The first-order valence-corrected chi connectivity index (χ1v) is 46.1. The number of aliphatic hydroxyl groups is 2. The molecule has 1 saturated carbocycles. The van der Waals surface area contributed by atoms with E-state index in [1.54, 1.807) is 72.1 Å². The predicted octanol–water partition coefficient (Wildman–Crippen LogP) is 9.17. The number of pyridine rings is 1. The van der Waals surface area contributed by atoms with Gasteiger partial charge in [-0.3, -0.25) is 33.8 Å². The van der Waals surface area contributed by atoms with E-state index in [1.165, 1.54) is 23.9 Å². The maximum absolute atomic E-state index is 14.8.